The van der Waals surface area contributed by atoms with E-state index >= 15 is 0 Å². The number of phenolic OH excluding ortho intramolecular Hbond substituents is 1. The number of aromatic hydroxyl groups is 1. The Kier molecular flexibility index (Phi) is 5.44. The average molecular weight is 473 g/mol. The SMILES string of the molecule is CN(c1c2c(c(O)c3ncc(Cc4ccc(F)cc4)cc13)C(=O)N(CC(=O)O)C2)S(C)(=O)=O. The van der Waals surface area contributed by atoms with Crippen molar-refractivity contribution < 1.29 is 32.6 Å². The number of benzene rings is 2. The summed E-state index contributed by atoms with van der Waals surface area (Å²) in [5.41, 5.74) is 1.68. The average Bonchev–Trinajstić information content (AvgIpc) is 3.04. The molecule has 0 fully saturated rings. The highest BCUT2D eigenvalue weighted by Crippen LogP contribution is 2.44. The molecule has 1 aliphatic heterocycles. The van der Waals surface area contributed by atoms with Crippen molar-refractivity contribution in [1.29, 1.82) is 0 Å². The highest BCUT2D eigenvalue weighted by Gasteiger charge is 2.37. The normalized spacial score (nSPS) is 13.4. The number of fused-ring (bicyclic) bond motifs is 2. The first-order chi connectivity index (χ1) is 15.5. The number of phenols is 1. The van der Waals surface area contributed by atoms with E-state index in [1.807, 2.05) is 0 Å². The Morgan fingerprint density at radius 1 is 1.24 bits per heavy atom. The molecule has 0 saturated carbocycles. The van der Waals surface area contributed by atoms with Crippen molar-refractivity contribution >= 4 is 38.5 Å². The van der Waals surface area contributed by atoms with E-state index in [0.717, 1.165) is 21.0 Å². The number of carboxylic acid groups (broad SMARTS) is 1. The van der Waals surface area contributed by atoms with Gasteiger partial charge in [0.15, 0.2) is 5.75 Å². The lowest BCUT2D eigenvalue weighted by Gasteiger charge is -2.23. The van der Waals surface area contributed by atoms with Crippen LogP contribution < -0.4 is 4.31 Å². The van der Waals surface area contributed by atoms with Crippen molar-refractivity contribution in [3.05, 3.63) is 64.6 Å². The van der Waals surface area contributed by atoms with E-state index < -0.39 is 34.2 Å². The van der Waals surface area contributed by atoms with Crippen LogP contribution in [0.3, 0.4) is 0 Å². The first-order valence-electron chi connectivity index (χ1n) is 9.83. The van der Waals surface area contributed by atoms with Gasteiger partial charge in [0, 0.05) is 30.7 Å². The molecular formula is C22H20FN3O6S. The fraction of sp³-hybridized carbons (Fsp3) is 0.227. The third-order valence-electron chi connectivity index (χ3n) is 5.56. The van der Waals surface area contributed by atoms with Gasteiger partial charge >= 0.3 is 5.97 Å². The second-order valence-corrected chi connectivity index (χ2v) is 9.89. The maximum Gasteiger partial charge on any atom is 0.323 e. The lowest BCUT2D eigenvalue weighted by Crippen LogP contribution is -2.30. The summed E-state index contributed by atoms with van der Waals surface area (Å²) < 4.78 is 39.1. The van der Waals surface area contributed by atoms with Crippen molar-refractivity contribution in [2.24, 2.45) is 0 Å². The van der Waals surface area contributed by atoms with Gasteiger partial charge in [-0.05, 0) is 35.7 Å². The summed E-state index contributed by atoms with van der Waals surface area (Å²) in [5.74, 6) is -2.76. The van der Waals surface area contributed by atoms with Crippen molar-refractivity contribution in [1.82, 2.24) is 9.88 Å². The number of aliphatic carboxylic acids is 1. The topological polar surface area (TPSA) is 128 Å². The van der Waals surface area contributed by atoms with Gasteiger partial charge in [0.2, 0.25) is 10.0 Å². The number of rotatable bonds is 6. The second-order valence-electron chi connectivity index (χ2n) is 7.88. The first kappa shape index (κ1) is 22.5. The zero-order chi connectivity index (χ0) is 24.1. The Labute approximate surface area is 188 Å². The highest BCUT2D eigenvalue weighted by atomic mass is 32.2. The minimum atomic E-state index is -3.78. The van der Waals surface area contributed by atoms with Gasteiger partial charge in [0.1, 0.15) is 17.9 Å². The molecule has 0 spiro atoms. The van der Waals surface area contributed by atoms with Crippen LogP contribution in [-0.2, 0) is 27.8 Å². The molecule has 0 radical (unpaired) electrons. The van der Waals surface area contributed by atoms with Crippen molar-refractivity contribution in [3.63, 3.8) is 0 Å². The molecule has 33 heavy (non-hydrogen) atoms. The third-order valence-corrected chi connectivity index (χ3v) is 6.74. The van der Waals surface area contributed by atoms with Crippen LogP contribution >= 0.6 is 0 Å². The van der Waals surface area contributed by atoms with E-state index in [2.05, 4.69) is 4.98 Å². The largest absolute Gasteiger partial charge is 0.505 e. The van der Waals surface area contributed by atoms with Gasteiger partial charge in [-0.15, -0.1) is 0 Å². The van der Waals surface area contributed by atoms with Crippen LogP contribution in [0.2, 0.25) is 0 Å². The van der Waals surface area contributed by atoms with Gasteiger partial charge < -0.3 is 15.1 Å². The third kappa shape index (κ3) is 4.07. The molecule has 0 bridgehead atoms. The Hall–Kier alpha value is -3.73. The lowest BCUT2D eigenvalue weighted by atomic mass is 9.98. The van der Waals surface area contributed by atoms with Crippen molar-refractivity contribution in [3.8, 4) is 5.75 Å². The molecule has 1 amide bonds. The second kappa shape index (κ2) is 8.00. The molecule has 2 aromatic carbocycles. The summed E-state index contributed by atoms with van der Waals surface area (Å²) in [6.45, 7) is -0.782. The zero-order valence-corrected chi connectivity index (χ0v) is 18.6. The number of carbonyl (C=O) groups is 2. The lowest BCUT2D eigenvalue weighted by molar-refractivity contribution is -0.137. The van der Waals surface area contributed by atoms with E-state index in [-0.39, 0.29) is 34.7 Å². The molecule has 3 aromatic rings. The van der Waals surface area contributed by atoms with Crippen LogP contribution in [0.5, 0.6) is 5.75 Å². The molecule has 9 nitrogen and oxygen atoms in total. The van der Waals surface area contributed by atoms with Gasteiger partial charge in [0.25, 0.3) is 5.91 Å². The number of nitrogens with zero attached hydrogens (tertiary/aromatic N) is 3. The zero-order valence-electron chi connectivity index (χ0n) is 17.7. The van der Waals surface area contributed by atoms with Crippen LogP contribution in [0.1, 0.15) is 27.0 Å². The fourth-order valence-electron chi connectivity index (χ4n) is 3.98. The summed E-state index contributed by atoms with van der Waals surface area (Å²) in [4.78, 5) is 29.3. The summed E-state index contributed by atoms with van der Waals surface area (Å²) in [5, 5.41) is 20.3. The molecule has 1 aromatic heterocycles. The van der Waals surface area contributed by atoms with Crippen LogP contribution in [0.25, 0.3) is 10.9 Å². The van der Waals surface area contributed by atoms with E-state index in [4.69, 9.17) is 5.11 Å². The van der Waals surface area contributed by atoms with Gasteiger partial charge in [0.05, 0.1) is 17.5 Å². The smallest absolute Gasteiger partial charge is 0.323 e. The Balaban J connectivity index is 1.94. The van der Waals surface area contributed by atoms with Gasteiger partial charge in [-0.2, -0.15) is 0 Å². The first-order valence-corrected chi connectivity index (χ1v) is 11.7. The Morgan fingerprint density at radius 2 is 1.91 bits per heavy atom. The van der Waals surface area contributed by atoms with E-state index in [1.54, 1.807) is 18.2 Å². The number of pyridine rings is 1. The molecule has 0 saturated heterocycles. The molecule has 0 unspecified atom stereocenters. The van der Waals surface area contributed by atoms with Gasteiger partial charge in [-0.1, -0.05) is 12.1 Å². The number of carbonyl (C=O) groups excluding carboxylic acids is 1. The predicted octanol–water partition coefficient (Wildman–Crippen LogP) is 2.11. The van der Waals surface area contributed by atoms with E-state index in [1.165, 1.54) is 25.4 Å². The van der Waals surface area contributed by atoms with E-state index in [0.29, 0.717) is 17.4 Å². The summed E-state index contributed by atoms with van der Waals surface area (Å²) in [6, 6.07) is 7.55. The quantitative estimate of drug-likeness (QED) is 0.561. The molecule has 2 heterocycles. The number of sulfonamides is 1. The van der Waals surface area contributed by atoms with E-state index in [9.17, 15) is 27.5 Å². The number of amides is 1. The molecular weight excluding hydrogens is 453 g/mol. The van der Waals surface area contributed by atoms with Gasteiger partial charge in [-0.25, -0.2) is 12.8 Å². The van der Waals surface area contributed by atoms with Gasteiger partial charge in [-0.3, -0.25) is 18.9 Å². The van der Waals surface area contributed by atoms with Crippen LogP contribution in [-0.4, -0.2) is 60.2 Å². The van der Waals surface area contributed by atoms with Crippen LogP contribution in [0.4, 0.5) is 10.1 Å². The number of halogens is 1. The summed E-state index contributed by atoms with van der Waals surface area (Å²) in [6.07, 6.45) is 2.85. The maximum absolute atomic E-state index is 13.2. The van der Waals surface area contributed by atoms with Crippen LogP contribution in [0, 0.1) is 5.82 Å². The number of hydrogen-bond acceptors (Lipinski definition) is 6. The minimum Gasteiger partial charge on any atom is -0.505 e. The van der Waals surface area contributed by atoms with Crippen molar-refractivity contribution in [2.45, 2.75) is 13.0 Å². The van der Waals surface area contributed by atoms with Crippen molar-refractivity contribution in [2.75, 3.05) is 24.2 Å². The molecule has 1 aliphatic rings. The molecule has 172 valence electrons. The predicted molar refractivity (Wildman–Crippen MR) is 118 cm³/mol. The standard InChI is InChI=1S/C22H20FN3O6S/c1-25(33(2,31)32)20-15-8-13(7-12-3-5-14(23)6-4-12)9-24-19(15)21(29)18-16(20)10-26(22(18)30)11-17(27)28/h3-6,8-9,29H,7,10-11H2,1-2H3,(H,27,28). The monoisotopic (exact) mass is 473 g/mol. The highest BCUT2D eigenvalue weighted by molar-refractivity contribution is 7.92. The number of anilines is 1. The molecule has 0 aliphatic carbocycles. The number of carboxylic acids is 1. The molecule has 4 rings (SSSR count). The summed E-state index contributed by atoms with van der Waals surface area (Å²) >= 11 is 0. The number of hydrogen-bond donors (Lipinski definition) is 2. The molecule has 11 heteroatoms. The Morgan fingerprint density at radius 3 is 2.52 bits per heavy atom. The maximum atomic E-state index is 13.2. The van der Waals surface area contributed by atoms with Crippen LogP contribution in [0.15, 0.2) is 36.5 Å². The number of aromatic nitrogens is 1. The minimum absolute atomic E-state index is 0.0210. The Bertz CT molecular complexity index is 1410. The summed E-state index contributed by atoms with van der Waals surface area (Å²) in [7, 11) is -2.46. The molecule has 0 atom stereocenters. The fourth-order valence-corrected chi connectivity index (χ4v) is 4.52. The molecule has 2 N–H and O–H groups in total.